The molecule has 0 saturated carbocycles. The molecular weight excluding hydrogens is 347 g/mol. The van der Waals surface area contributed by atoms with E-state index in [2.05, 4.69) is 21.2 Å². The quantitative estimate of drug-likeness (QED) is 0.771. The van der Waals surface area contributed by atoms with Gasteiger partial charge in [-0.25, -0.2) is 13.2 Å². The van der Waals surface area contributed by atoms with Crippen LogP contribution < -0.4 is 10.1 Å². The molecule has 1 unspecified atom stereocenters. The molecule has 6 heteroatoms. The lowest BCUT2D eigenvalue weighted by Crippen LogP contribution is -2.09. The molecule has 2 rings (SSSR count). The highest BCUT2D eigenvalue weighted by Gasteiger charge is 2.13. The van der Waals surface area contributed by atoms with Gasteiger partial charge < -0.3 is 10.1 Å². The summed E-state index contributed by atoms with van der Waals surface area (Å²) in [5.74, 6) is -1.73. The van der Waals surface area contributed by atoms with Crippen LogP contribution in [0.3, 0.4) is 0 Å². The van der Waals surface area contributed by atoms with E-state index in [1.54, 1.807) is 13.0 Å². The van der Waals surface area contributed by atoms with E-state index < -0.39 is 17.5 Å². The fourth-order valence-electron chi connectivity index (χ4n) is 1.90. The van der Waals surface area contributed by atoms with Crippen molar-refractivity contribution in [3.05, 3.63) is 57.8 Å². The maximum atomic E-state index is 13.7. The maximum Gasteiger partial charge on any atom is 0.165 e. The lowest BCUT2D eigenvalue weighted by Gasteiger charge is -2.17. The topological polar surface area (TPSA) is 21.3 Å². The number of benzene rings is 2. The van der Waals surface area contributed by atoms with Crippen LogP contribution in [0.25, 0.3) is 0 Å². The van der Waals surface area contributed by atoms with Crippen LogP contribution in [0, 0.1) is 17.5 Å². The summed E-state index contributed by atoms with van der Waals surface area (Å²) in [5, 5.41) is 2.92. The largest absolute Gasteiger partial charge is 0.494 e. The van der Waals surface area contributed by atoms with E-state index in [1.165, 1.54) is 25.3 Å². The van der Waals surface area contributed by atoms with Crippen LogP contribution in [0.15, 0.2) is 34.8 Å². The van der Waals surface area contributed by atoms with E-state index in [4.69, 9.17) is 4.74 Å². The number of nitrogens with one attached hydrogen (secondary N) is 1. The van der Waals surface area contributed by atoms with Gasteiger partial charge in [0.05, 0.1) is 17.3 Å². The normalized spacial score (nSPS) is 12.1. The van der Waals surface area contributed by atoms with Gasteiger partial charge in [0.2, 0.25) is 0 Å². The van der Waals surface area contributed by atoms with Crippen molar-refractivity contribution in [3.8, 4) is 5.75 Å². The van der Waals surface area contributed by atoms with Gasteiger partial charge in [0, 0.05) is 12.1 Å². The minimum Gasteiger partial charge on any atom is -0.494 e. The molecule has 2 aromatic carbocycles. The standard InChI is InChI=1S/C15H13BrF3NO/c1-8(9-3-4-11(17)15(5-9)21-2)20-14-6-10(16)12(18)7-13(14)19/h3-8,20H,1-2H3. The van der Waals surface area contributed by atoms with Gasteiger partial charge in [-0.05, 0) is 46.6 Å². The summed E-state index contributed by atoms with van der Waals surface area (Å²) in [4.78, 5) is 0. The van der Waals surface area contributed by atoms with Gasteiger partial charge in [-0.2, -0.15) is 0 Å². The van der Waals surface area contributed by atoms with Crippen LogP contribution in [-0.2, 0) is 0 Å². The molecule has 0 radical (unpaired) electrons. The fraction of sp³-hybridized carbons (Fsp3) is 0.200. The lowest BCUT2D eigenvalue weighted by atomic mass is 10.1. The third kappa shape index (κ3) is 3.50. The van der Waals surface area contributed by atoms with Crippen LogP contribution in [0.2, 0.25) is 0 Å². The van der Waals surface area contributed by atoms with E-state index in [-0.39, 0.29) is 22.0 Å². The lowest BCUT2D eigenvalue weighted by molar-refractivity contribution is 0.385. The van der Waals surface area contributed by atoms with Crippen molar-refractivity contribution in [2.75, 3.05) is 12.4 Å². The number of anilines is 1. The van der Waals surface area contributed by atoms with Gasteiger partial charge in [0.1, 0.15) is 11.6 Å². The Labute approximate surface area is 129 Å². The van der Waals surface area contributed by atoms with E-state index >= 15 is 0 Å². The molecule has 0 fully saturated rings. The molecule has 0 aliphatic heterocycles. The Morgan fingerprint density at radius 1 is 1.05 bits per heavy atom. The monoisotopic (exact) mass is 359 g/mol. The van der Waals surface area contributed by atoms with E-state index in [0.29, 0.717) is 5.56 Å². The molecule has 0 heterocycles. The molecular formula is C15H13BrF3NO. The second-order valence-corrected chi connectivity index (χ2v) is 5.36. The molecule has 112 valence electrons. The predicted octanol–water partition coefficient (Wildman–Crippen LogP) is 5.05. The molecule has 0 amide bonds. The molecule has 21 heavy (non-hydrogen) atoms. The van der Waals surface area contributed by atoms with Crippen LogP contribution in [0.4, 0.5) is 18.9 Å². The van der Waals surface area contributed by atoms with Crippen molar-refractivity contribution in [2.45, 2.75) is 13.0 Å². The summed E-state index contributed by atoms with van der Waals surface area (Å²) in [7, 11) is 1.37. The van der Waals surface area contributed by atoms with Gasteiger partial charge in [-0.3, -0.25) is 0 Å². The fourth-order valence-corrected chi connectivity index (χ4v) is 2.24. The number of hydrogen-bond donors (Lipinski definition) is 1. The molecule has 0 aliphatic rings. The van der Waals surface area contributed by atoms with Crippen LogP contribution in [0.1, 0.15) is 18.5 Å². The van der Waals surface area contributed by atoms with Gasteiger partial charge in [-0.15, -0.1) is 0 Å². The molecule has 0 saturated heterocycles. The van der Waals surface area contributed by atoms with E-state index in [9.17, 15) is 13.2 Å². The summed E-state index contributed by atoms with van der Waals surface area (Å²) in [6, 6.07) is 6.19. The third-order valence-electron chi connectivity index (χ3n) is 3.06. The van der Waals surface area contributed by atoms with Crippen molar-refractivity contribution in [1.82, 2.24) is 0 Å². The molecule has 0 aromatic heterocycles. The Morgan fingerprint density at radius 3 is 2.43 bits per heavy atom. The third-order valence-corrected chi connectivity index (χ3v) is 3.66. The number of halogens is 4. The summed E-state index contributed by atoms with van der Waals surface area (Å²) in [5.41, 5.74) is 0.868. The number of ether oxygens (including phenoxy) is 1. The first kappa shape index (κ1) is 15.7. The minimum absolute atomic E-state index is 0.113. The highest BCUT2D eigenvalue weighted by Crippen LogP contribution is 2.29. The number of rotatable bonds is 4. The summed E-state index contributed by atoms with van der Waals surface area (Å²) >= 11 is 3.01. The minimum atomic E-state index is -0.698. The number of methoxy groups -OCH3 is 1. The maximum absolute atomic E-state index is 13.7. The van der Waals surface area contributed by atoms with E-state index in [1.807, 2.05) is 0 Å². The second-order valence-electron chi connectivity index (χ2n) is 4.51. The first-order valence-electron chi connectivity index (χ1n) is 6.17. The van der Waals surface area contributed by atoms with E-state index in [0.717, 1.165) is 6.07 Å². The van der Waals surface area contributed by atoms with Crippen molar-refractivity contribution >= 4 is 21.6 Å². The molecule has 2 nitrogen and oxygen atoms in total. The molecule has 0 spiro atoms. The highest BCUT2D eigenvalue weighted by atomic mass is 79.9. The SMILES string of the molecule is COc1cc(C(C)Nc2cc(Br)c(F)cc2F)ccc1F. The summed E-state index contributed by atoms with van der Waals surface area (Å²) in [6.07, 6.45) is 0. The van der Waals surface area contributed by atoms with Crippen molar-refractivity contribution in [2.24, 2.45) is 0 Å². The Kier molecular flexibility index (Phi) is 4.77. The smallest absolute Gasteiger partial charge is 0.165 e. The molecule has 0 aliphatic carbocycles. The van der Waals surface area contributed by atoms with Crippen LogP contribution in [-0.4, -0.2) is 7.11 Å². The van der Waals surface area contributed by atoms with Crippen LogP contribution in [0.5, 0.6) is 5.75 Å². The summed E-state index contributed by atoms with van der Waals surface area (Å²) in [6.45, 7) is 1.78. The van der Waals surface area contributed by atoms with Gasteiger partial charge in [0.25, 0.3) is 0 Å². The Bertz CT molecular complexity index is 664. The molecule has 0 bridgehead atoms. The van der Waals surface area contributed by atoms with Crippen molar-refractivity contribution in [1.29, 1.82) is 0 Å². The zero-order valence-electron chi connectivity index (χ0n) is 11.4. The average Bonchev–Trinajstić information content (AvgIpc) is 2.45. The molecule has 1 N–H and O–H groups in total. The Hall–Kier alpha value is -1.69. The van der Waals surface area contributed by atoms with Gasteiger partial charge >= 0.3 is 0 Å². The first-order chi connectivity index (χ1) is 9.92. The number of hydrogen-bond acceptors (Lipinski definition) is 2. The highest BCUT2D eigenvalue weighted by molar-refractivity contribution is 9.10. The second kappa shape index (κ2) is 6.39. The zero-order valence-corrected chi connectivity index (χ0v) is 13.0. The zero-order chi connectivity index (χ0) is 15.6. The molecule has 1 atom stereocenters. The van der Waals surface area contributed by atoms with Crippen molar-refractivity contribution in [3.63, 3.8) is 0 Å². The van der Waals surface area contributed by atoms with Crippen LogP contribution >= 0.6 is 15.9 Å². The Morgan fingerprint density at radius 2 is 1.76 bits per heavy atom. The summed E-state index contributed by atoms with van der Waals surface area (Å²) < 4.78 is 45.3. The molecule has 2 aromatic rings. The van der Waals surface area contributed by atoms with Crippen molar-refractivity contribution < 1.29 is 17.9 Å². The van der Waals surface area contributed by atoms with Gasteiger partial charge in [-0.1, -0.05) is 6.07 Å². The predicted molar refractivity (Wildman–Crippen MR) is 79.0 cm³/mol. The van der Waals surface area contributed by atoms with Gasteiger partial charge in [0.15, 0.2) is 11.6 Å². The first-order valence-corrected chi connectivity index (χ1v) is 6.96. The Balaban J connectivity index is 2.25. The average molecular weight is 360 g/mol.